The molecule has 0 amide bonds. The molecule has 2 rings (SSSR count). The minimum atomic E-state index is -0.323. The highest BCUT2D eigenvalue weighted by Gasteiger charge is 2.29. The van der Waals surface area contributed by atoms with Crippen molar-refractivity contribution in [2.75, 3.05) is 32.7 Å². The second-order valence-corrected chi connectivity index (χ2v) is 6.09. The van der Waals surface area contributed by atoms with Crippen LogP contribution in [0.3, 0.4) is 0 Å². The number of aryl methyl sites for hydroxylation is 1. The van der Waals surface area contributed by atoms with Gasteiger partial charge in [0.2, 0.25) is 0 Å². The van der Waals surface area contributed by atoms with Gasteiger partial charge in [0.15, 0.2) is 0 Å². The normalized spacial score (nSPS) is 17.9. The van der Waals surface area contributed by atoms with Crippen LogP contribution < -0.4 is 0 Å². The second-order valence-electron chi connectivity index (χ2n) is 6.09. The first-order valence-electron chi connectivity index (χ1n) is 7.54. The second kappa shape index (κ2) is 6.88. The average Bonchev–Trinajstić information content (AvgIpc) is 2.49. The van der Waals surface area contributed by atoms with E-state index >= 15 is 0 Å². The highest BCUT2D eigenvalue weighted by Crippen LogP contribution is 2.16. The number of benzene rings is 1. The summed E-state index contributed by atoms with van der Waals surface area (Å²) in [5, 5.41) is 9.17. The molecule has 0 saturated carbocycles. The largest absolute Gasteiger partial charge is 0.301 e. The lowest BCUT2D eigenvalue weighted by Gasteiger charge is -2.40. The van der Waals surface area contributed by atoms with Gasteiger partial charge in [-0.2, -0.15) is 5.26 Å². The number of hydrogen-bond donors (Lipinski definition) is 0. The van der Waals surface area contributed by atoms with Gasteiger partial charge in [-0.3, -0.25) is 4.90 Å². The summed E-state index contributed by atoms with van der Waals surface area (Å²) in [6.45, 7) is 9.36. The third kappa shape index (κ3) is 4.06. The highest BCUT2D eigenvalue weighted by atomic mass is 15.3. The minimum Gasteiger partial charge on any atom is -0.301 e. The zero-order valence-electron chi connectivity index (χ0n) is 12.7. The smallest absolute Gasteiger partial charge is 0.103 e. The molecule has 0 N–H and O–H groups in total. The van der Waals surface area contributed by atoms with Crippen molar-refractivity contribution in [3.05, 3.63) is 35.9 Å². The molecular weight excluding hydrogens is 246 g/mol. The van der Waals surface area contributed by atoms with Crippen molar-refractivity contribution >= 4 is 0 Å². The maximum atomic E-state index is 9.17. The third-order valence-corrected chi connectivity index (χ3v) is 4.22. The summed E-state index contributed by atoms with van der Waals surface area (Å²) >= 11 is 0. The van der Waals surface area contributed by atoms with Gasteiger partial charge in [-0.1, -0.05) is 30.3 Å². The van der Waals surface area contributed by atoms with E-state index in [4.69, 9.17) is 0 Å². The van der Waals surface area contributed by atoms with Crippen LogP contribution in [-0.4, -0.2) is 48.1 Å². The Morgan fingerprint density at radius 3 is 2.35 bits per heavy atom. The lowest BCUT2D eigenvalue weighted by atomic mass is 10.0. The lowest BCUT2D eigenvalue weighted by Crippen LogP contribution is -2.54. The van der Waals surface area contributed by atoms with Crippen molar-refractivity contribution in [2.45, 2.75) is 32.2 Å². The Kier molecular flexibility index (Phi) is 5.17. The zero-order valence-corrected chi connectivity index (χ0v) is 12.7. The molecule has 0 aliphatic carbocycles. The first-order chi connectivity index (χ1) is 9.62. The van der Waals surface area contributed by atoms with Gasteiger partial charge in [-0.05, 0) is 38.8 Å². The molecule has 0 aromatic heterocycles. The predicted molar refractivity (Wildman–Crippen MR) is 82.5 cm³/mol. The van der Waals surface area contributed by atoms with Crippen LogP contribution in [0.5, 0.6) is 0 Å². The first kappa shape index (κ1) is 15.0. The molecule has 1 saturated heterocycles. The van der Waals surface area contributed by atoms with Gasteiger partial charge in [0.1, 0.15) is 5.54 Å². The van der Waals surface area contributed by atoms with E-state index in [1.165, 1.54) is 12.0 Å². The summed E-state index contributed by atoms with van der Waals surface area (Å²) in [7, 11) is 0. The maximum absolute atomic E-state index is 9.17. The van der Waals surface area contributed by atoms with Gasteiger partial charge < -0.3 is 4.90 Å². The van der Waals surface area contributed by atoms with E-state index < -0.39 is 0 Å². The molecule has 0 radical (unpaired) electrons. The summed E-state index contributed by atoms with van der Waals surface area (Å²) < 4.78 is 0. The van der Waals surface area contributed by atoms with Crippen molar-refractivity contribution in [3.63, 3.8) is 0 Å². The van der Waals surface area contributed by atoms with Crippen LogP contribution in [-0.2, 0) is 6.42 Å². The molecule has 0 spiro atoms. The zero-order chi connectivity index (χ0) is 14.4. The first-order valence-corrected chi connectivity index (χ1v) is 7.54. The van der Waals surface area contributed by atoms with Crippen molar-refractivity contribution in [3.8, 4) is 6.07 Å². The van der Waals surface area contributed by atoms with Crippen LogP contribution in [0.25, 0.3) is 0 Å². The molecule has 1 aromatic rings. The number of nitriles is 1. The molecule has 20 heavy (non-hydrogen) atoms. The predicted octanol–water partition coefficient (Wildman–Crippen LogP) is 2.54. The van der Waals surface area contributed by atoms with Crippen LogP contribution in [0.4, 0.5) is 0 Å². The summed E-state index contributed by atoms with van der Waals surface area (Å²) in [5.41, 5.74) is 1.10. The molecule has 1 heterocycles. The van der Waals surface area contributed by atoms with E-state index in [1.54, 1.807) is 0 Å². The van der Waals surface area contributed by atoms with Gasteiger partial charge in [-0.25, -0.2) is 0 Å². The Labute approximate surface area is 122 Å². The number of rotatable bonds is 5. The van der Waals surface area contributed by atoms with E-state index in [2.05, 4.69) is 46.2 Å². The van der Waals surface area contributed by atoms with Crippen molar-refractivity contribution < 1.29 is 0 Å². The summed E-state index contributed by atoms with van der Waals surface area (Å²) in [6, 6.07) is 13.1. The Bertz CT molecular complexity index is 439. The monoisotopic (exact) mass is 271 g/mol. The molecule has 1 aromatic carbocycles. The molecule has 3 nitrogen and oxygen atoms in total. The fourth-order valence-electron chi connectivity index (χ4n) is 2.75. The SMILES string of the molecule is CC(C)(C#N)N1CCN(CCCc2ccccc2)CC1. The number of piperazine rings is 1. The molecule has 108 valence electrons. The Morgan fingerprint density at radius 1 is 1.10 bits per heavy atom. The molecule has 1 aliphatic rings. The van der Waals surface area contributed by atoms with Crippen molar-refractivity contribution in [2.24, 2.45) is 0 Å². The molecule has 0 unspecified atom stereocenters. The fourth-order valence-corrected chi connectivity index (χ4v) is 2.75. The summed E-state index contributed by atoms with van der Waals surface area (Å²) in [5.74, 6) is 0. The van der Waals surface area contributed by atoms with Crippen LogP contribution in [0.2, 0.25) is 0 Å². The van der Waals surface area contributed by atoms with Crippen LogP contribution in [0, 0.1) is 11.3 Å². The Balaban J connectivity index is 1.69. The third-order valence-electron chi connectivity index (χ3n) is 4.22. The number of hydrogen-bond acceptors (Lipinski definition) is 3. The van der Waals surface area contributed by atoms with Gasteiger partial charge >= 0.3 is 0 Å². The summed E-state index contributed by atoms with van der Waals surface area (Å²) in [6.07, 6.45) is 2.37. The van der Waals surface area contributed by atoms with Crippen LogP contribution in [0.1, 0.15) is 25.8 Å². The standard InChI is InChI=1S/C17H25N3/c1-17(2,15-18)20-13-11-19(12-14-20)10-6-9-16-7-4-3-5-8-16/h3-5,7-8H,6,9-14H2,1-2H3. The van der Waals surface area contributed by atoms with Crippen LogP contribution >= 0.6 is 0 Å². The van der Waals surface area contributed by atoms with E-state index in [9.17, 15) is 5.26 Å². The summed E-state index contributed by atoms with van der Waals surface area (Å²) in [4.78, 5) is 4.81. The molecule has 1 fully saturated rings. The van der Waals surface area contributed by atoms with E-state index in [0.717, 1.165) is 39.1 Å². The van der Waals surface area contributed by atoms with Crippen LogP contribution in [0.15, 0.2) is 30.3 Å². The van der Waals surface area contributed by atoms with Crippen molar-refractivity contribution in [1.82, 2.24) is 9.80 Å². The average molecular weight is 271 g/mol. The Hall–Kier alpha value is -1.37. The molecule has 3 heteroatoms. The topological polar surface area (TPSA) is 30.3 Å². The van der Waals surface area contributed by atoms with Crippen molar-refractivity contribution in [1.29, 1.82) is 5.26 Å². The molecule has 1 aliphatic heterocycles. The molecular formula is C17H25N3. The van der Waals surface area contributed by atoms with Gasteiger partial charge in [-0.15, -0.1) is 0 Å². The highest BCUT2D eigenvalue weighted by molar-refractivity contribution is 5.14. The van der Waals surface area contributed by atoms with Gasteiger partial charge in [0.25, 0.3) is 0 Å². The maximum Gasteiger partial charge on any atom is 0.103 e. The lowest BCUT2D eigenvalue weighted by molar-refractivity contribution is 0.0796. The number of nitrogens with zero attached hydrogens (tertiary/aromatic N) is 3. The Morgan fingerprint density at radius 2 is 1.75 bits per heavy atom. The van der Waals surface area contributed by atoms with E-state index in [-0.39, 0.29) is 5.54 Å². The van der Waals surface area contributed by atoms with E-state index in [1.807, 2.05) is 13.8 Å². The molecule has 0 bridgehead atoms. The fraction of sp³-hybridized carbons (Fsp3) is 0.588. The van der Waals surface area contributed by atoms with E-state index in [0.29, 0.717) is 0 Å². The van der Waals surface area contributed by atoms with Gasteiger partial charge in [0, 0.05) is 26.2 Å². The van der Waals surface area contributed by atoms with Gasteiger partial charge in [0.05, 0.1) is 6.07 Å². The quantitative estimate of drug-likeness (QED) is 0.824. The minimum absolute atomic E-state index is 0.323. The molecule has 0 atom stereocenters.